The number of benzene rings is 1. The minimum absolute atomic E-state index is 0.0699. The highest BCUT2D eigenvalue weighted by Gasteiger charge is 2.36. The van der Waals surface area contributed by atoms with Crippen LogP contribution in [0, 0.1) is 16.4 Å². The Balaban J connectivity index is 1.33. The van der Waals surface area contributed by atoms with Gasteiger partial charge in [0.25, 0.3) is 0 Å². The molecule has 0 saturated carbocycles. The van der Waals surface area contributed by atoms with Crippen LogP contribution >= 0.6 is 22.6 Å². The van der Waals surface area contributed by atoms with Gasteiger partial charge in [0.2, 0.25) is 5.91 Å². The Morgan fingerprint density at radius 1 is 1.09 bits per heavy atom. The molecule has 0 aliphatic carbocycles. The third-order valence-corrected chi connectivity index (χ3v) is 6.68. The lowest BCUT2D eigenvalue weighted by Gasteiger charge is -2.40. The highest BCUT2D eigenvalue weighted by molar-refractivity contribution is 14.1. The smallest absolute Gasteiger partial charge is 0.338 e. The molecule has 1 saturated heterocycles. The summed E-state index contributed by atoms with van der Waals surface area (Å²) in [4.78, 5) is 44.4. The molecule has 0 radical (unpaired) electrons. The van der Waals surface area contributed by atoms with E-state index in [9.17, 15) is 14.4 Å². The number of hydrogen-bond donors (Lipinski definition) is 2. The Kier molecular flexibility index (Phi) is 6.88. The first kappa shape index (κ1) is 23.5. The second kappa shape index (κ2) is 9.67. The summed E-state index contributed by atoms with van der Waals surface area (Å²) < 4.78 is 2.70. The van der Waals surface area contributed by atoms with Crippen LogP contribution < -0.4 is 10.6 Å². The molecule has 11 heteroatoms. The van der Waals surface area contributed by atoms with Gasteiger partial charge in [-0.3, -0.25) is 9.80 Å². The van der Waals surface area contributed by atoms with Crippen molar-refractivity contribution >= 4 is 46.2 Å². The van der Waals surface area contributed by atoms with Crippen molar-refractivity contribution in [2.75, 3.05) is 31.5 Å². The summed E-state index contributed by atoms with van der Waals surface area (Å²) in [5.74, 6) is 0.502. The molecule has 4 rings (SSSR count). The minimum Gasteiger partial charge on any atom is -0.338 e. The van der Waals surface area contributed by atoms with Gasteiger partial charge < -0.3 is 15.5 Å². The zero-order chi connectivity index (χ0) is 23.7. The number of anilines is 1. The molecule has 10 nitrogen and oxygen atoms in total. The van der Waals surface area contributed by atoms with Gasteiger partial charge in [0.15, 0.2) is 0 Å². The van der Waals surface area contributed by atoms with Crippen molar-refractivity contribution in [1.82, 2.24) is 29.8 Å². The topological polar surface area (TPSA) is 103 Å². The molecule has 3 heterocycles. The number of nitrogens with zero attached hydrogens (tertiary/aromatic N) is 5. The molecular formula is C22H28IN7O3. The van der Waals surface area contributed by atoms with E-state index in [-0.39, 0.29) is 17.9 Å². The van der Waals surface area contributed by atoms with E-state index in [2.05, 4.69) is 38.2 Å². The number of piperazine rings is 1. The van der Waals surface area contributed by atoms with Crippen molar-refractivity contribution in [3.63, 3.8) is 0 Å². The quantitative estimate of drug-likeness (QED) is 0.543. The van der Waals surface area contributed by atoms with Crippen molar-refractivity contribution in [1.29, 1.82) is 0 Å². The molecule has 176 valence electrons. The molecule has 33 heavy (non-hydrogen) atoms. The minimum atomic E-state index is -0.636. The van der Waals surface area contributed by atoms with Gasteiger partial charge in [-0.15, -0.1) is 0 Å². The Bertz CT molecular complexity index is 1040. The molecular weight excluding hydrogens is 537 g/mol. The van der Waals surface area contributed by atoms with Crippen LogP contribution in [0.15, 0.2) is 30.5 Å². The SMILES string of the molecule is Cc1ncc2n1C(=O)N(N1CCN(C(=O)[C@H](NC(=O)Nc3ccc(I)cc3)C(C)C)CC1)C2. The molecule has 1 aromatic carbocycles. The monoisotopic (exact) mass is 565 g/mol. The van der Waals surface area contributed by atoms with Gasteiger partial charge in [0.1, 0.15) is 11.9 Å². The fourth-order valence-corrected chi connectivity index (χ4v) is 4.49. The number of hydrogen-bond acceptors (Lipinski definition) is 5. The van der Waals surface area contributed by atoms with Crippen molar-refractivity contribution in [2.24, 2.45) is 5.92 Å². The number of urea groups is 1. The highest BCUT2D eigenvalue weighted by Crippen LogP contribution is 2.22. The van der Waals surface area contributed by atoms with Crippen LogP contribution in [-0.2, 0) is 11.3 Å². The zero-order valence-electron chi connectivity index (χ0n) is 18.9. The van der Waals surface area contributed by atoms with E-state index in [1.807, 2.05) is 50.0 Å². The lowest BCUT2D eigenvalue weighted by molar-refractivity contribution is -0.138. The maximum atomic E-state index is 13.2. The molecule has 2 aliphatic rings. The van der Waals surface area contributed by atoms with Crippen LogP contribution in [0.2, 0.25) is 0 Å². The molecule has 1 aromatic heterocycles. The molecule has 1 fully saturated rings. The maximum absolute atomic E-state index is 13.2. The van der Waals surface area contributed by atoms with E-state index in [4.69, 9.17) is 0 Å². The standard InChI is InChI=1S/C22H28IN7O3/c1-14(2)19(26-21(32)25-17-6-4-16(23)5-7-17)20(31)27-8-10-28(11-9-27)29-13-18-12-24-15(3)30(18)22(29)33/h4-7,12,14,19H,8-11,13H2,1-3H3,(H2,25,26,32)/t19-/m1/s1. The molecule has 0 spiro atoms. The van der Waals surface area contributed by atoms with Crippen LogP contribution in [0.3, 0.4) is 0 Å². The van der Waals surface area contributed by atoms with E-state index in [1.54, 1.807) is 20.7 Å². The molecule has 4 amide bonds. The lowest BCUT2D eigenvalue weighted by atomic mass is 10.0. The van der Waals surface area contributed by atoms with E-state index < -0.39 is 12.1 Å². The summed E-state index contributed by atoms with van der Waals surface area (Å²) in [6.45, 7) is 8.20. The normalized spacial score (nSPS) is 17.3. The molecule has 1 atom stereocenters. The van der Waals surface area contributed by atoms with E-state index in [1.165, 1.54) is 0 Å². The number of carbonyl (C=O) groups excluding carboxylic acids is 3. The Hall–Kier alpha value is -2.67. The van der Waals surface area contributed by atoms with Crippen molar-refractivity contribution < 1.29 is 14.4 Å². The van der Waals surface area contributed by atoms with Gasteiger partial charge in [-0.2, -0.15) is 0 Å². The van der Waals surface area contributed by atoms with Gasteiger partial charge >= 0.3 is 12.1 Å². The summed E-state index contributed by atoms with van der Waals surface area (Å²) in [5, 5.41) is 9.33. The Morgan fingerprint density at radius 2 is 1.76 bits per heavy atom. The number of amides is 4. The predicted molar refractivity (Wildman–Crippen MR) is 131 cm³/mol. The number of aryl methyl sites for hydroxylation is 1. The molecule has 2 N–H and O–H groups in total. The summed E-state index contributed by atoms with van der Waals surface area (Å²) in [5.41, 5.74) is 1.54. The number of halogens is 1. The molecule has 2 aromatic rings. The van der Waals surface area contributed by atoms with Gasteiger partial charge in [-0.25, -0.2) is 24.1 Å². The summed E-state index contributed by atoms with van der Waals surface area (Å²) in [6.07, 6.45) is 1.73. The second-order valence-electron chi connectivity index (χ2n) is 8.58. The van der Waals surface area contributed by atoms with Crippen LogP contribution in [0.5, 0.6) is 0 Å². The van der Waals surface area contributed by atoms with Crippen LogP contribution in [0.4, 0.5) is 15.3 Å². The van der Waals surface area contributed by atoms with Gasteiger partial charge in [-0.1, -0.05) is 13.8 Å². The number of imidazole rings is 1. The van der Waals surface area contributed by atoms with Gasteiger partial charge in [0.05, 0.1) is 18.4 Å². The van der Waals surface area contributed by atoms with E-state index >= 15 is 0 Å². The number of nitrogens with one attached hydrogen (secondary N) is 2. The summed E-state index contributed by atoms with van der Waals surface area (Å²) in [7, 11) is 0. The summed E-state index contributed by atoms with van der Waals surface area (Å²) >= 11 is 2.20. The van der Waals surface area contributed by atoms with Crippen LogP contribution in [-0.4, -0.2) is 74.7 Å². The number of fused-ring (bicyclic) bond motifs is 1. The van der Waals surface area contributed by atoms with E-state index in [0.29, 0.717) is 44.2 Å². The average molecular weight is 565 g/mol. The van der Waals surface area contributed by atoms with Crippen molar-refractivity contribution in [3.8, 4) is 0 Å². The summed E-state index contributed by atoms with van der Waals surface area (Å²) in [6, 6.07) is 6.30. The molecule has 0 bridgehead atoms. The Morgan fingerprint density at radius 3 is 2.36 bits per heavy atom. The number of aromatic nitrogens is 2. The number of carbonyl (C=O) groups is 3. The maximum Gasteiger partial charge on any atom is 0.344 e. The first-order valence-electron chi connectivity index (χ1n) is 11.0. The molecule has 0 unspecified atom stereocenters. The van der Waals surface area contributed by atoms with Crippen molar-refractivity contribution in [2.45, 2.75) is 33.4 Å². The fraction of sp³-hybridized carbons (Fsp3) is 0.455. The first-order chi connectivity index (χ1) is 15.7. The largest absolute Gasteiger partial charge is 0.344 e. The van der Waals surface area contributed by atoms with Gasteiger partial charge in [0, 0.05) is 35.4 Å². The van der Waals surface area contributed by atoms with Gasteiger partial charge in [-0.05, 0) is 59.7 Å². The van der Waals surface area contributed by atoms with Crippen LogP contribution in [0.25, 0.3) is 0 Å². The first-order valence-corrected chi connectivity index (χ1v) is 12.0. The average Bonchev–Trinajstić information content (AvgIpc) is 3.32. The Labute approximate surface area is 206 Å². The third-order valence-electron chi connectivity index (χ3n) is 5.97. The molecule has 2 aliphatic heterocycles. The van der Waals surface area contributed by atoms with E-state index in [0.717, 1.165) is 9.26 Å². The lowest BCUT2D eigenvalue weighted by Crippen LogP contribution is -2.59. The second-order valence-corrected chi connectivity index (χ2v) is 9.82. The third kappa shape index (κ3) is 4.98. The number of hydrazine groups is 1. The van der Waals surface area contributed by atoms with Crippen molar-refractivity contribution in [3.05, 3.63) is 45.6 Å². The zero-order valence-corrected chi connectivity index (χ0v) is 21.1. The number of rotatable bonds is 5. The highest BCUT2D eigenvalue weighted by atomic mass is 127. The fourth-order valence-electron chi connectivity index (χ4n) is 4.13. The predicted octanol–water partition coefficient (Wildman–Crippen LogP) is 2.49. The van der Waals surface area contributed by atoms with Crippen LogP contribution in [0.1, 0.15) is 25.4 Å².